The molecular weight excluding hydrogens is 245 g/mol. The van der Waals surface area contributed by atoms with E-state index in [4.69, 9.17) is 4.52 Å². The van der Waals surface area contributed by atoms with Gasteiger partial charge in [-0.25, -0.2) is 4.39 Å². The van der Waals surface area contributed by atoms with Gasteiger partial charge < -0.3 is 9.84 Å². The molecule has 19 heavy (non-hydrogen) atoms. The molecule has 1 aliphatic rings. The van der Waals surface area contributed by atoms with Gasteiger partial charge in [-0.05, 0) is 44.0 Å². The summed E-state index contributed by atoms with van der Waals surface area (Å²) in [5.74, 6) is 1.13. The maximum absolute atomic E-state index is 13.6. The molecule has 1 aromatic carbocycles. The second-order valence-electron chi connectivity index (χ2n) is 4.91. The summed E-state index contributed by atoms with van der Waals surface area (Å²) >= 11 is 0. The zero-order valence-corrected chi connectivity index (χ0v) is 10.6. The Kier molecular flexibility index (Phi) is 3.55. The van der Waals surface area contributed by atoms with E-state index in [9.17, 15) is 4.39 Å². The molecule has 100 valence electrons. The van der Waals surface area contributed by atoms with Crippen LogP contribution in [0.15, 0.2) is 28.8 Å². The highest BCUT2D eigenvalue weighted by Crippen LogP contribution is 2.21. The van der Waals surface area contributed by atoms with Gasteiger partial charge in [0.1, 0.15) is 5.82 Å². The minimum Gasteiger partial charge on any atom is -0.339 e. The molecule has 0 saturated carbocycles. The Morgan fingerprint density at radius 3 is 3.05 bits per heavy atom. The van der Waals surface area contributed by atoms with E-state index in [0.29, 0.717) is 23.2 Å². The minimum absolute atomic E-state index is 0.325. The van der Waals surface area contributed by atoms with Crippen LogP contribution in [0.2, 0.25) is 0 Å². The highest BCUT2D eigenvalue weighted by molar-refractivity contribution is 5.54. The van der Waals surface area contributed by atoms with Crippen LogP contribution in [0.3, 0.4) is 0 Å². The van der Waals surface area contributed by atoms with E-state index in [0.717, 1.165) is 19.5 Å². The number of hydrogen-bond donors (Lipinski definition) is 1. The molecule has 0 amide bonds. The van der Waals surface area contributed by atoms with Gasteiger partial charge in [0.2, 0.25) is 11.7 Å². The van der Waals surface area contributed by atoms with Crippen LogP contribution in [0.4, 0.5) is 4.39 Å². The Hall–Kier alpha value is -1.75. The van der Waals surface area contributed by atoms with E-state index in [-0.39, 0.29) is 5.82 Å². The van der Waals surface area contributed by atoms with Gasteiger partial charge in [-0.1, -0.05) is 17.3 Å². The quantitative estimate of drug-likeness (QED) is 0.922. The molecule has 0 unspecified atom stereocenters. The SMILES string of the molecule is Fc1ccccc1-c1noc(C[C@H]2CCCNC2)n1. The Labute approximate surface area is 111 Å². The number of benzene rings is 1. The lowest BCUT2D eigenvalue weighted by molar-refractivity contribution is 0.316. The summed E-state index contributed by atoms with van der Waals surface area (Å²) in [6.45, 7) is 2.07. The number of piperidine rings is 1. The summed E-state index contributed by atoms with van der Waals surface area (Å²) in [4.78, 5) is 4.29. The second kappa shape index (κ2) is 5.48. The van der Waals surface area contributed by atoms with E-state index in [2.05, 4.69) is 15.5 Å². The first-order valence-electron chi connectivity index (χ1n) is 6.61. The van der Waals surface area contributed by atoms with E-state index < -0.39 is 0 Å². The topological polar surface area (TPSA) is 51.0 Å². The van der Waals surface area contributed by atoms with Gasteiger partial charge in [0.25, 0.3) is 0 Å². The fraction of sp³-hybridized carbons (Fsp3) is 0.429. The second-order valence-corrected chi connectivity index (χ2v) is 4.91. The molecule has 1 N–H and O–H groups in total. The van der Waals surface area contributed by atoms with Crippen molar-refractivity contribution in [1.82, 2.24) is 15.5 Å². The molecule has 1 aliphatic heterocycles. The first-order valence-corrected chi connectivity index (χ1v) is 6.61. The summed E-state index contributed by atoms with van der Waals surface area (Å²) in [5.41, 5.74) is 0.388. The monoisotopic (exact) mass is 261 g/mol. The Balaban J connectivity index is 1.74. The van der Waals surface area contributed by atoms with Gasteiger partial charge in [0.05, 0.1) is 5.56 Å². The van der Waals surface area contributed by atoms with Gasteiger partial charge in [-0.3, -0.25) is 0 Å². The van der Waals surface area contributed by atoms with Gasteiger partial charge in [-0.15, -0.1) is 0 Å². The van der Waals surface area contributed by atoms with Crippen LogP contribution < -0.4 is 5.32 Å². The number of nitrogens with zero attached hydrogens (tertiary/aromatic N) is 2. The van der Waals surface area contributed by atoms with E-state index in [1.807, 2.05) is 0 Å². The fourth-order valence-electron chi connectivity index (χ4n) is 2.43. The molecular formula is C14H16FN3O. The van der Waals surface area contributed by atoms with Crippen LogP contribution in [0.1, 0.15) is 18.7 Å². The van der Waals surface area contributed by atoms with Crippen molar-refractivity contribution >= 4 is 0 Å². The molecule has 1 saturated heterocycles. The first-order chi connectivity index (χ1) is 9.33. The van der Waals surface area contributed by atoms with Crippen LogP contribution in [0.5, 0.6) is 0 Å². The lowest BCUT2D eigenvalue weighted by Crippen LogP contribution is -2.30. The number of nitrogens with one attached hydrogen (secondary N) is 1. The first kappa shape index (κ1) is 12.3. The Morgan fingerprint density at radius 2 is 2.26 bits per heavy atom. The van der Waals surface area contributed by atoms with Gasteiger partial charge in [-0.2, -0.15) is 4.98 Å². The highest BCUT2D eigenvalue weighted by atomic mass is 19.1. The van der Waals surface area contributed by atoms with Crippen LogP contribution in [-0.4, -0.2) is 23.2 Å². The van der Waals surface area contributed by atoms with Crippen molar-refractivity contribution in [2.45, 2.75) is 19.3 Å². The lowest BCUT2D eigenvalue weighted by Gasteiger charge is -2.20. The average Bonchev–Trinajstić information content (AvgIpc) is 2.89. The zero-order valence-electron chi connectivity index (χ0n) is 10.6. The van der Waals surface area contributed by atoms with Gasteiger partial charge in [0.15, 0.2) is 0 Å². The summed E-state index contributed by atoms with van der Waals surface area (Å²) in [7, 11) is 0. The molecule has 1 aromatic heterocycles. The number of hydrogen-bond acceptors (Lipinski definition) is 4. The fourth-order valence-corrected chi connectivity index (χ4v) is 2.43. The zero-order chi connectivity index (χ0) is 13.1. The molecule has 0 bridgehead atoms. The maximum Gasteiger partial charge on any atom is 0.227 e. The summed E-state index contributed by atoms with van der Waals surface area (Å²) < 4.78 is 18.8. The third-order valence-corrected chi connectivity index (χ3v) is 3.45. The van der Waals surface area contributed by atoms with Crippen molar-refractivity contribution in [3.05, 3.63) is 36.0 Å². The van der Waals surface area contributed by atoms with Crippen LogP contribution in [0, 0.1) is 11.7 Å². The molecule has 0 radical (unpaired) electrons. The third kappa shape index (κ3) is 2.81. The predicted octanol–water partition coefficient (Wildman–Crippen LogP) is 2.42. The van der Waals surface area contributed by atoms with Crippen molar-refractivity contribution in [2.24, 2.45) is 5.92 Å². The molecule has 0 aliphatic carbocycles. The third-order valence-electron chi connectivity index (χ3n) is 3.45. The maximum atomic E-state index is 13.6. The van der Waals surface area contributed by atoms with Crippen molar-refractivity contribution in [3.8, 4) is 11.4 Å². The van der Waals surface area contributed by atoms with Crippen molar-refractivity contribution in [1.29, 1.82) is 0 Å². The van der Waals surface area contributed by atoms with E-state index in [1.54, 1.807) is 18.2 Å². The largest absolute Gasteiger partial charge is 0.339 e. The summed E-state index contributed by atoms with van der Waals surface area (Å²) in [6, 6.07) is 6.47. The highest BCUT2D eigenvalue weighted by Gasteiger charge is 2.18. The molecule has 0 spiro atoms. The number of halogens is 1. The Morgan fingerprint density at radius 1 is 1.37 bits per heavy atom. The van der Waals surface area contributed by atoms with E-state index >= 15 is 0 Å². The van der Waals surface area contributed by atoms with E-state index in [1.165, 1.54) is 18.9 Å². The Bertz CT molecular complexity index is 549. The van der Waals surface area contributed by atoms with Crippen LogP contribution >= 0.6 is 0 Å². The minimum atomic E-state index is -0.325. The predicted molar refractivity (Wildman–Crippen MR) is 69.0 cm³/mol. The van der Waals surface area contributed by atoms with Crippen molar-refractivity contribution < 1.29 is 8.91 Å². The molecule has 2 aromatic rings. The summed E-state index contributed by atoms with van der Waals surface area (Å²) in [5, 5.41) is 7.22. The molecule has 3 rings (SSSR count). The van der Waals surface area contributed by atoms with Crippen LogP contribution in [0.25, 0.3) is 11.4 Å². The van der Waals surface area contributed by atoms with Crippen molar-refractivity contribution in [3.63, 3.8) is 0 Å². The van der Waals surface area contributed by atoms with Crippen molar-refractivity contribution in [2.75, 3.05) is 13.1 Å². The molecule has 2 heterocycles. The van der Waals surface area contributed by atoms with Crippen LogP contribution in [-0.2, 0) is 6.42 Å². The lowest BCUT2D eigenvalue weighted by atomic mass is 9.96. The molecule has 5 heteroatoms. The average molecular weight is 261 g/mol. The molecule has 1 fully saturated rings. The smallest absolute Gasteiger partial charge is 0.227 e. The number of rotatable bonds is 3. The molecule has 4 nitrogen and oxygen atoms in total. The summed E-state index contributed by atoms with van der Waals surface area (Å²) in [6.07, 6.45) is 3.11. The standard InChI is InChI=1S/C14H16FN3O/c15-12-6-2-1-5-11(12)14-17-13(19-18-14)8-10-4-3-7-16-9-10/h1-2,5-6,10,16H,3-4,7-9H2/t10-/m1/s1. The normalized spacial score (nSPS) is 19.5. The number of aromatic nitrogens is 2. The van der Waals surface area contributed by atoms with Gasteiger partial charge in [0, 0.05) is 6.42 Å². The van der Waals surface area contributed by atoms with Gasteiger partial charge >= 0.3 is 0 Å². The molecule has 1 atom stereocenters.